The lowest BCUT2D eigenvalue weighted by atomic mass is 9.65. The van der Waals surface area contributed by atoms with E-state index in [1.165, 1.54) is 48.6 Å². The summed E-state index contributed by atoms with van der Waals surface area (Å²) in [5, 5.41) is 16.2. The lowest BCUT2D eigenvalue weighted by molar-refractivity contribution is -0.0983. The highest BCUT2D eigenvalue weighted by molar-refractivity contribution is 5.83. The highest BCUT2D eigenvalue weighted by atomic mass is 16.3. The average Bonchev–Trinajstić information content (AvgIpc) is 2.98. The lowest BCUT2D eigenvalue weighted by Crippen LogP contribution is -2.59. The molecule has 3 heteroatoms. The summed E-state index contributed by atoms with van der Waals surface area (Å²) in [5.41, 5.74) is 2.14. The summed E-state index contributed by atoms with van der Waals surface area (Å²) in [4.78, 5) is 3.35. The van der Waals surface area contributed by atoms with Gasteiger partial charge >= 0.3 is 0 Å². The Balaban J connectivity index is 1.40. The molecule has 0 radical (unpaired) electrons. The Kier molecular flexibility index (Phi) is 4.16. The van der Waals surface area contributed by atoms with E-state index in [1.54, 1.807) is 0 Å². The van der Waals surface area contributed by atoms with Crippen molar-refractivity contribution in [2.75, 3.05) is 6.54 Å². The minimum atomic E-state index is -0.448. The van der Waals surface area contributed by atoms with Gasteiger partial charge in [0, 0.05) is 23.1 Å². The van der Waals surface area contributed by atoms with Gasteiger partial charge in [-0.05, 0) is 56.2 Å². The number of benzene rings is 1. The van der Waals surface area contributed by atoms with E-state index < -0.39 is 5.60 Å². The Morgan fingerprint density at radius 1 is 1.13 bits per heavy atom. The van der Waals surface area contributed by atoms with Crippen molar-refractivity contribution >= 4 is 10.9 Å². The maximum absolute atomic E-state index is 11.2. The quantitative estimate of drug-likeness (QED) is 0.805. The van der Waals surface area contributed by atoms with Crippen molar-refractivity contribution in [3.8, 4) is 0 Å². The third kappa shape index (κ3) is 2.81. The number of aromatic amines is 1. The van der Waals surface area contributed by atoms with Crippen molar-refractivity contribution in [1.29, 1.82) is 0 Å². The van der Waals surface area contributed by atoms with Crippen molar-refractivity contribution in [2.45, 2.75) is 63.0 Å². The van der Waals surface area contributed by atoms with E-state index in [0.29, 0.717) is 5.92 Å². The summed E-state index contributed by atoms with van der Waals surface area (Å²) in [6.45, 7) is 0.946. The van der Waals surface area contributed by atoms with Crippen molar-refractivity contribution in [1.82, 2.24) is 10.3 Å². The van der Waals surface area contributed by atoms with Crippen LogP contribution in [0.5, 0.6) is 0 Å². The van der Waals surface area contributed by atoms with Crippen LogP contribution in [0, 0.1) is 5.92 Å². The van der Waals surface area contributed by atoms with Crippen molar-refractivity contribution in [3.05, 3.63) is 36.0 Å². The number of hydrogen-bond acceptors (Lipinski definition) is 2. The monoisotopic (exact) mass is 312 g/mol. The molecule has 3 nitrogen and oxygen atoms in total. The molecule has 1 heterocycles. The highest BCUT2D eigenvalue weighted by Gasteiger charge is 2.46. The molecule has 1 aromatic heterocycles. The third-order valence-corrected chi connectivity index (χ3v) is 6.20. The maximum Gasteiger partial charge on any atom is 0.0827 e. The fourth-order valence-corrected chi connectivity index (χ4v) is 4.92. The van der Waals surface area contributed by atoms with Gasteiger partial charge < -0.3 is 15.4 Å². The summed E-state index contributed by atoms with van der Waals surface area (Å²) in [6.07, 6.45) is 11.4. The first-order chi connectivity index (χ1) is 11.3. The zero-order chi connectivity index (χ0) is 15.7. The number of rotatable bonds is 4. The zero-order valence-electron chi connectivity index (χ0n) is 13.9. The number of fused-ring (bicyclic) bond motifs is 2. The number of aliphatic hydroxyl groups is 1. The molecule has 2 aromatic rings. The molecule has 1 aromatic carbocycles. The summed E-state index contributed by atoms with van der Waals surface area (Å²) in [6, 6.07) is 8.77. The molecule has 0 spiro atoms. The molecule has 3 atom stereocenters. The van der Waals surface area contributed by atoms with Gasteiger partial charge in [-0.15, -0.1) is 0 Å². The van der Waals surface area contributed by atoms with E-state index in [-0.39, 0.29) is 6.04 Å². The van der Waals surface area contributed by atoms with E-state index in [0.717, 1.165) is 25.8 Å². The predicted octanol–water partition coefficient (Wildman–Crippen LogP) is 3.77. The van der Waals surface area contributed by atoms with Crippen LogP contribution in [0.15, 0.2) is 30.5 Å². The van der Waals surface area contributed by atoms with E-state index >= 15 is 0 Å². The van der Waals surface area contributed by atoms with Crippen LogP contribution in [0.4, 0.5) is 0 Å². The largest absolute Gasteiger partial charge is 0.388 e. The average molecular weight is 312 g/mol. The Bertz CT molecular complexity index is 662. The minimum Gasteiger partial charge on any atom is -0.388 e. The van der Waals surface area contributed by atoms with Crippen molar-refractivity contribution in [3.63, 3.8) is 0 Å². The van der Waals surface area contributed by atoms with Gasteiger partial charge in [0.2, 0.25) is 0 Å². The molecule has 2 aliphatic rings. The molecule has 0 aliphatic heterocycles. The second kappa shape index (κ2) is 6.29. The fraction of sp³-hybridized carbons (Fsp3) is 0.600. The Hall–Kier alpha value is -1.32. The summed E-state index contributed by atoms with van der Waals surface area (Å²) in [5.74, 6) is 0.524. The van der Waals surface area contributed by atoms with Crippen LogP contribution in [-0.4, -0.2) is 28.3 Å². The van der Waals surface area contributed by atoms with Gasteiger partial charge in [0.25, 0.3) is 0 Å². The lowest BCUT2D eigenvalue weighted by Gasteiger charge is -2.49. The van der Waals surface area contributed by atoms with Gasteiger partial charge in [0.1, 0.15) is 0 Å². The standard InChI is InChI=1S/C20H28N2O/c23-20-12-4-3-6-16(20)7-5-10-19(20)21-13-11-15-14-22-18-9-2-1-8-17(15)18/h1-2,8-9,14,16,19,21-23H,3-7,10-13H2/t16-,19?,20-/m1/s1. The van der Waals surface area contributed by atoms with Crippen LogP contribution in [0.3, 0.4) is 0 Å². The second-order valence-electron chi connectivity index (χ2n) is 7.48. The summed E-state index contributed by atoms with van der Waals surface area (Å²) in [7, 11) is 0. The predicted molar refractivity (Wildman–Crippen MR) is 94.6 cm³/mol. The summed E-state index contributed by atoms with van der Waals surface area (Å²) >= 11 is 0. The number of aromatic nitrogens is 1. The van der Waals surface area contributed by atoms with Crippen LogP contribution in [0.1, 0.15) is 50.5 Å². The molecule has 2 aliphatic carbocycles. The van der Waals surface area contributed by atoms with Gasteiger partial charge in [-0.2, -0.15) is 0 Å². The molecular weight excluding hydrogens is 284 g/mol. The fourth-order valence-electron chi connectivity index (χ4n) is 4.92. The smallest absolute Gasteiger partial charge is 0.0827 e. The molecule has 3 N–H and O–H groups in total. The highest BCUT2D eigenvalue weighted by Crippen LogP contribution is 2.43. The van der Waals surface area contributed by atoms with Crippen LogP contribution in [0.2, 0.25) is 0 Å². The Labute approximate surface area is 138 Å². The van der Waals surface area contributed by atoms with Crippen LogP contribution in [0.25, 0.3) is 10.9 Å². The zero-order valence-corrected chi connectivity index (χ0v) is 13.9. The normalized spacial score (nSPS) is 31.2. The van der Waals surface area contributed by atoms with Gasteiger partial charge in [0.15, 0.2) is 0 Å². The van der Waals surface area contributed by atoms with Crippen LogP contribution in [-0.2, 0) is 6.42 Å². The number of para-hydroxylation sites is 1. The maximum atomic E-state index is 11.2. The van der Waals surface area contributed by atoms with Gasteiger partial charge in [-0.1, -0.05) is 37.5 Å². The second-order valence-corrected chi connectivity index (χ2v) is 7.48. The van der Waals surface area contributed by atoms with Crippen molar-refractivity contribution in [2.24, 2.45) is 5.92 Å². The molecule has 124 valence electrons. The van der Waals surface area contributed by atoms with Gasteiger partial charge in [-0.3, -0.25) is 0 Å². The third-order valence-electron chi connectivity index (χ3n) is 6.20. The molecule has 23 heavy (non-hydrogen) atoms. The summed E-state index contributed by atoms with van der Waals surface area (Å²) < 4.78 is 0. The first-order valence-corrected chi connectivity index (χ1v) is 9.28. The molecule has 0 bridgehead atoms. The first-order valence-electron chi connectivity index (χ1n) is 9.28. The van der Waals surface area contributed by atoms with E-state index in [4.69, 9.17) is 0 Å². The minimum absolute atomic E-state index is 0.284. The molecule has 2 fully saturated rings. The molecule has 0 amide bonds. The Morgan fingerprint density at radius 2 is 2.00 bits per heavy atom. The Morgan fingerprint density at radius 3 is 2.96 bits per heavy atom. The number of nitrogens with one attached hydrogen (secondary N) is 2. The van der Waals surface area contributed by atoms with E-state index in [1.807, 2.05) is 0 Å². The molecule has 4 rings (SSSR count). The van der Waals surface area contributed by atoms with E-state index in [2.05, 4.69) is 40.8 Å². The number of hydrogen-bond donors (Lipinski definition) is 3. The number of H-pyrrole nitrogens is 1. The SMILES string of the molecule is O[C@]12CCCC[C@@H]1CCCC2NCCc1c[nH]c2ccccc12. The van der Waals surface area contributed by atoms with Crippen LogP contribution < -0.4 is 5.32 Å². The van der Waals surface area contributed by atoms with E-state index in [9.17, 15) is 5.11 Å². The molecular formula is C20H28N2O. The molecule has 0 saturated heterocycles. The van der Waals surface area contributed by atoms with Crippen LogP contribution >= 0.6 is 0 Å². The van der Waals surface area contributed by atoms with Gasteiger partial charge in [-0.25, -0.2) is 0 Å². The molecule has 1 unspecified atom stereocenters. The molecule has 2 saturated carbocycles. The first kappa shape index (κ1) is 15.2. The topological polar surface area (TPSA) is 48.0 Å². The van der Waals surface area contributed by atoms with Gasteiger partial charge in [0.05, 0.1) is 5.60 Å². The van der Waals surface area contributed by atoms with Crippen molar-refractivity contribution < 1.29 is 5.11 Å².